The average Bonchev–Trinajstić information content (AvgIpc) is 3.60. The van der Waals surface area contributed by atoms with E-state index in [1.165, 1.54) is 28.0 Å². The van der Waals surface area contributed by atoms with Gasteiger partial charge in [-0.05, 0) is 66.3 Å². The van der Waals surface area contributed by atoms with E-state index in [0.717, 1.165) is 40.0 Å². The minimum atomic E-state index is -0.393. The number of fused-ring (bicyclic) bond motifs is 2. The first kappa shape index (κ1) is 24.2. The lowest BCUT2D eigenvalue weighted by atomic mass is 9.77. The van der Waals surface area contributed by atoms with Crippen LogP contribution in [0.5, 0.6) is 0 Å². The summed E-state index contributed by atoms with van der Waals surface area (Å²) >= 11 is 5.01. The fourth-order valence-corrected chi connectivity index (χ4v) is 6.85. The highest BCUT2D eigenvalue weighted by Crippen LogP contribution is 2.47. The Morgan fingerprint density at radius 3 is 2.62 bits per heavy atom. The van der Waals surface area contributed by atoms with Gasteiger partial charge in [0.2, 0.25) is 5.13 Å². The van der Waals surface area contributed by atoms with Crippen LogP contribution in [0.25, 0.3) is 28.3 Å². The van der Waals surface area contributed by atoms with Gasteiger partial charge in [0.05, 0.1) is 23.0 Å². The van der Waals surface area contributed by atoms with Crippen molar-refractivity contribution in [1.82, 2.24) is 4.98 Å². The van der Waals surface area contributed by atoms with Crippen molar-refractivity contribution in [3.63, 3.8) is 0 Å². The molecule has 3 aromatic carbocycles. The van der Waals surface area contributed by atoms with Gasteiger partial charge in [0, 0.05) is 21.2 Å². The number of anilines is 1. The highest BCUT2D eigenvalue weighted by molar-refractivity contribution is 9.10. The first-order chi connectivity index (χ1) is 19.1. The Morgan fingerprint density at radius 1 is 1.00 bits per heavy atom. The second-order valence-electron chi connectivity index (χ2n) is 9.91. The van der Waals surface area contributed by atoms with Crippen molar-refractivity contribution in [2.24, 2.45) is 11.0 Å². The van der Waals surface area contributed by atoms with Crippen LogP contribution >= 0.6 is 27.3 Å². The summed E-state index contributed by atoms with van der Waals surface area (Å²) in [4.78, 5) is 17.8. The van der Waals surface area contributed by atoms with E-state index in [-0.39, 0.29) is 12.0 Å². The first-order valence-corrected chi connectivity index (χ1v) is 14.7. The normalized spacial score (nSPS) is 19.9. The Labute approximate surface area is 238 Å². The Hall–Kier alpha value is -3.81. The van der Waals surface area contributed by atoms with Crippen LogP contribution in [0.2, 0.25) is 0 Å². The van der Waals surface area contributed by atoms with Crippen LogP contribution in [-0.2, 0) is 0 Å². The summed E-state index contributed by atoms with van der Waals surface area (Å²) in [7, 11) is 0. The van der Waals surface area contributed by atoms with E-state index in [1.54, 1.807) is 6.07 Å². The Morgan fingerprint density at radius 2 is 1.79 bits per heavy atom. The molecule has 0 unspecified atom stereocenters. The highest BCUT2D eigenvalue weighted by atomic mass is 79.9. The molecular formula is C32H24BrN3O2S. The number of rotatable bonds is 4. The third-order valence-corrected chi connectivity index (χ3v) is 8.76. The smallest absolute Gasteiger partial charge is 0.345 e. The average molecular weight is 595 g/mol. The Balaban J connectivity index is 1.32. The summed E-state index contributed by atoms with van der Waals surface area (Å²) < 4.78 is 6.54. The van der Waals surface area contributed by atoms with Gasteiger partial charge in [-0.25, -0.2) is 14.8 Å². The zero-order valence-corrected chi connectivity index (χ0v) is 23.4. The SMILES string of the molecule is O=c1oc2ccc(Br)cc2cc1-c1csc(N2N=C3/C(=C/c4ccccc4)CCC[C@H]3[C@@H]2c2ccccc2)n1. The lowest BCUT2D eigenvalue weighted by Crippen LogP contribution is -2.28. The zero-order chi connectivity index (χ0) is 26.3. The van der Waals surface area contributed by atoms with Crippen molar-refractivity contribution in [1.29, 1.82) is 0 Å². The molecule has 2 atom stereocenters. The van der Waals surface area contributed by atoms with Gasteiger partial charge in [0.25, 0.3) is 0 Å². The van der Waals surface area contributed by atoms with Crippen LogP contribution < -0.4 is 10.6 Å². The number of hydrogen-bond donors (Lipinski definition) is 0. The standard InChI is InChI=1S/C32H24BrN3O2S/c33-24-14-15-28-23(17-24)18-26(31(37)38-28)27-19-39-32(34-27)36-30(21-10-5-2-6-11-21)25-13-7-12-22(29(25)35-36)16-20-8-3-1-4-9-20/h1-6,8-11,14-19,25,30H,7,12-13H2/b22-16+/t25-,30+/m1/s1. The first-order valence-electron chi connectivity index (χ1n) is 13.0. The van der Waals surface area contributed by atoms with E-state index in [9.17, 15) is 4.79 Å². The van der Waals surface area contributed by atoms with Crippen LogP contribution in [0, 0.1) is 5.92 Å². The summed E-state index contributed by atoms with van der Waals surface area (Å²) in [5.41, 5.74) is 6.06. The van der Waals surface area contributed by atoms with Crippen LogP contribution in [0.1, 0.15) is 36.4 Å². The number of aromatic nitrogens is 1. The predicted molar refractivity (Wildman–Crippen MR) is 162 cm³/mol. The summed E-state index contributed by atoms with van der Waals surface area (Å²) in [6, 6.07) is 28.5. The molecule has 0 N–H and O–H groups in total. The summed E-state index contributed by atoms with van der Waals surface area (Å²) in [5, 5.41) is 10.8. The van der Waals surface area contributed by atoms with Crippen molar-refractivity contribution in [3.8, 4) is 11.3 Å². The molecule has 1 fully saturated rings. The molecule has 2 aliphatic rings. The van der Waals surface area contributed by atoms with Crippen LogP contribution in [0.4, 0.5) is 5.13 Å². The van der Waals surface area contributed by atoms with Gasteiger partial charge in [0.15, 0.2) is 0 Å². The van der Waals surface area contributed by atoms with E-state index in [2.05, 4.69) is 75.5 Å². The number of halogens is 1. The van der Waals surface area contributed by atoms with Gasteiger partial charge >= 0.3 is 5.63 Å². The lowest BCUT2D eigenvalue weighted by Gasteiger charge is -2.29. The largest absolute Gasteiger partial charge is 0.422 e. The maximum atomic E-state index is 12.9. The Kier molecular flexibility index (Phi) is 6.25. The summed E-state index contributed by atoms with van der Waals surface area (Å²) in [6.45, 7) is 0. The molecule has 5 nitrogen and oxygen atoms in total. The molecule has 0 radical (unpaired) electrons. The number of thiazole rings is 1. The van der Waals surface area contributed by atoms with Gasteiger partial charge in [-0.1, -0.05) is 76.6 Å². The second-order valence-corrected chi connectivity index (χ2v) is 11.7. The molecule has 7 heteroatoms. The van der Waals surface area contributed by atoms with Crippen molar-refractivity contribution in [2.75, 3.05) is 5.01 Å². The molecule has 1 aliphatic heterocycles. The van der Waals surface area contributed by atoms with E-state index in [0.29, 0.717) is 16.8 Å². The molecule has 39 heavy (non-hydrogen) atoms. The van der Waals surface area contributed by atoms with Crippen LogP contribution in [0.3, 0.4) is 0 Å². The molecule has 7 rings (SSSR count). The highest BCUT2D eigenvalue weighted by Gasteiger charge is 2.42. The van der Waals surface area contributed by atoms with Crippen molar-refractivity contribution < 1.29 is 4.42 Å². The molecule has 2 aromatic heterocycles. The molecule has 0 bridgehead atoms. The van der Waals surface area contributed by atoms with Gasteiger partial charge in [-0.2, -0.15) is 5.10 Å². The molecule has 0 amide bonds. The maximum Gasteiger partial charge on any atom is 0.345 e. The van der Waals surface area contributed by atoms with Gasteiger partial charge in [0.1, 0.15) is 5.58 Å². The zero-order valence-electron chi connectivity index (χ0n) is 21.0. The van der Waals surface area contributed by atoms with Gasteiger partial charge in [-0.15, -0.1) is 11.3 Å². The molecule has 0 spiro atoms. The molecular weight excluding hydrogens is 570 g/mol. The van der Waals surface area contributed by atoms with E-state index in [1.807, 2.05) is 35.7 Å². The second kappa shape index (κ2) is 10.1. The fourth-order valence-electron chi connectivity index (χ4n) is 5.66. The van der Waals surface area contributed by atoms with E-state index >= 15 is 0 Å². The van der Waals surface area contributed by atoms with Crippen LogP contribution in [0.15, 0.2) is 115 Å². The third-order valence-electron chi connectivity index (χ3n) is 7.44. The number of benzene rings is 3. The monoisotopic (exact) mass is 593 g/mol. The molecule has 1 aliphatic carbocycles. The maximum absolute atomic E-state index is 12.9. The number of allylic oxidation sites excluding steroid dienone is 1. The molecule has 5 aromatic rings. The minimum absolute atomic E-state index is 0.0450. The number of nitrogens with zero attached hydrogens (tertiary/aromatic N) is 3. The van der Waals surface area contributed by atoms with Gasteiger partial charge in [-0.3, -0.25) is 0 Å². The quantitative estimate of drug-likeness (QED) is 0.196. The fraction of sp³-hybridized carbons (Fsp3) is 0.156. The van der Waals surface area contributed by atoms with Crippen LogP contribution in [-0.4, -0.2) is 10.7 Å². The molecule has 192 valence electrons. The summed E-state index contributed by atoms with van der Waals surface area (Å²) in [6.07, 6.45) is 5.48. The van der Waals surface area contributed by atoms with E-state index in [4.69, 9.17) is 14.5 Å². The predicted octanol–water partition coefficient (Wildman–Crippen LogP) is 8.48. The molecule has 0 saturated heterocycles. The molecule has 1 saturated carbocycles. The minimum Gasteiger partial charge on any atom is -0.422 e. The number of hydrazone groups is 1. The van der Waals surface area contributed by atoms with Gasteiger partial charge < -0.3 is 4.42 Å². The van der Waals surface area contributed by atoms with Crippen molar-refractivity contribution in [2.45, 2.75) is 25.3 Å². The van der Waals surface area contributed by atoms with Crippen molar-refractivity contribution >= 4 is 55.2 Å². The lowest BCUT2D eigenvalue weighted by molar-refractivity contribution is 0.487. The Bertz CT molecular complexity index is 1790. The third kappa shape index (κ3) is 4.56. The number of hydrogen-bond acceptors (Lipinski definition) is 6. The van der Waals surface area contributed by atoms with Crippen molar-refractivity contribution in [3.05, 3.63) is 122 Å². The topological polar surface area (TPSA) is 58.7 Å². The summed E-state index contributed by atoms with van der Waals surface area (Å²) in [5.74, 6) is 0.270. The van der Waals surface area contributed by atoms with E-state index < -0.39 is 5.63 Å². The molecule has 3 heterocycles.